The van der Waals surface area contributed by atoms with Gasteiger partial charge in [0, 0.05) is 0 Å². The molecule has 0 saturated carbocycles. The van der Waals surface area contributed by atoms with Crippen molar-refractivity contribution < 1.29 is 25.3 Å². The monoisotopic (exact) mass is 524 g/mol. The standard InChI is InChI=1S/C3HI3N3O4/c4-7-1(10)8(5)3(12)9(6-13)2(7)11/h13H/q-1. The first-order chi connectivity index (χ1) is 6.00. The second-order valence-corrected chi connectivity index (χ2v) is 5.09. The van der Waals surface area contributed by atoms with Gasteiger partial charge in [0.25, 0.3) is 0 Å². The molecule has 0 aliphatic rings. The van der Waals surface area contributed by atoms with Gasteiger partial charge in [-0.15, -0.1) is 0 Å². The van der Waals surface area contributed by atoms with Crippen LogP contribution in [0, 0.1) is 0 Å². The molecule has 13 heavy (non-hydrogen) atoms. The summed E-state index contributed by atoms with van der Waals surface area (Å²) in [6.07, 6.45) is 0. The van der Waals surface area contributed by atoms with E-state index in [0.29, 0.717) is 2.78 Å². The molecule has 0 unspecified atom stereocenters. The number of nitrogens with zero attached hydrogens (tertiary/aromatic N) is 3. The van der Waals surface area contributed by atoms with Crippen molar-refractivity contribution >= 4 is 45.7 Å². The Morgan fingerprint density at radius 1 is 1.00 bits per heavy atom. The summed E-state index contributed by atoms with van der Waals surface area (Å²) in [5, 5.41) is 0. The fourth-order valence-corrected chi connectivity index (χ4v) is 3.44. The molecule has 0 radical (unpaired) electrons. The van der Waals surface area contributed by atoms with Crippen LogP contribution in [-0.2, 0) is 0 Å². The SMILES string of the molecule is O=c1n(I)c(=O)n([I-]O)c(=O)n1I. The molecule has 0 spiro atoms. The molecule has 1 aromatic heterocycles. The third kappa shape index (κ3) is 1.99. The third-order valence-electron chi connectivity index (χ3n) is 1.08. The average Bonchev–Trinajstić information content (AvgIpc) is 2.13. The predicted molar refractivity (Wildman–Crippen MR) is 55.7 cm³/mol. The molecule has 0 fully saturated rings. The normalized spacial score (nSPS) is 10.7. The molecule has 0 atom stereocenters. The van der Waals surface area contributed by atoms with Gasteiger partial charge in [-0.2, -0.15) is 0 Å². The number of rotatable bonds is 1. The zero-order valence-corrected chi connectivity index (χ0v) is 12.1. The molecule has 1 aromatic rings. The maximum absolute atomic E-state index is 11.2. The van der Waals surface area contributed by atoms with Crippen LogP contribution >= 0.6 is 45.7 Å². The van der Waals surface area contributed by atoms with Crippen LogP contribution in [0.4, 0.5) is 0 Å². The molecule has 0 bridgehead atoms. The van der Waals surface area contributed by atoms with Crippen LogP contribution in [0.1, 0.15) is 0 Å². The topological polar surface area (TPSA) is 86.2 Å². The Hall–Kier alpha value is 0.560. The van der Waals surface area contributed by atoms with E-state index in [1.54, 1.807) is 0 Å². The molecule has 1 rings (SSSR count). The first-order valence-corrected chi connectivity index (χ1v) is 6.49. The molecule has 0 amide bonds. The van der Waals surface area contributed by atoms with E-state index in [9.17, 15) is 14.4 Å². The van der Waals surface area contributed by atoms with E-state index < -0.39 is 39.0 Å². The van der Waals surface area contributed by atoms with Crippen LogP contribution in [0.25, 0.3) is 0 Å². The van der Waals surface area contributed by atoms with Crippen molar-refractivity contribution in [3.63, 3.8) is 0 Å². The van der Waals surface area contributed by atoms with Crippen LogP contribution in [-0.4, -0.2) is 11.8 Å². The quantitative estimate of drug-likeness (QED) is 0.375. The zero-order valence-electron chi connectivity index (χ0n) is 5.65. The van der Waals surface area contributed by atoms with Gasteiger partial charge >= 0.3 is 111 Å². The first-order valence-electron chi connectivity index (χ1n) is 2.63. The second kappa shape index (κ2) is 4.39. The molecule has 74 valence electrons. The van der Waals surface area contributed by atoms with Crippen LogP contribution in [0.5, 0.6) is 0 Å². The number of hydrogen-bond acceptors (Lipinski definition) is 4. The van der Waals surface area contributed by atoms with Crippen molar-refractivity contribution in [2.45, 2.75) is 0 Å². The summed E-state index contributed by atoms with van der Waals surface area (Å²) in [5.74, 6) is 0. The maximum atomic E-state index is 11.2. The summed E-state index contributed by atoms with van der Waals surface area (Å²) in [4.78, 5) is 33.4. The van der Waals surface area contributed by atoms with Gasteiger partial charge in [0.2, 0.25) is 0 Å². The van der Waals surface area contributed by atoms with Gasteiger partial charge < -0.3 is 0 Å². The Labute approximate surface area is 110 Å². The Morgan fingerprint density at radius 2 is 1.38 bits per heavy atom. The van der Waals surface area contributed by atoms with Crippen LogP contribution in [0.3, 0.4) is 0 Å². The molecule has 0 saturated heterocycles. The fourth-order valence-electron chi connectivity index (χ4n) is 0.541. The van der Waals surface area contributed by atoms with Gasteiger partial charge in [0.1, 0.15) is 0 Å². The molecule has 1 heterocycles. The van der Waals surface area contributed by atoms with Crippen molar-refractivity contribution in [2.75, 3.05) is 0 Å². The van der Waals surface area contributed by atoms with Gasteiger partial charge in [-0.25, -0.2) is 0 Å². The minimum absolute atomic E-state index is 0.652. The summed E-state index contributed by atoms with van der Waals surface area (Å²) >= 11 is 1.27. The molecule has 7 nitrogen and oxygen atoms in total. The summed E-state index contributed by atoms with van der Waals surface area (Å²) in [6, 6.07) is 0. The molecule has 0 aliphatic carbocycles. The average molecular weight is 524 g/mol. The third-order valence-corrected chi connectivity index (χ3v) is 3.99. The number of hydrogen-bond donors (Lipinski definition) is 1. The molecule has 1 N–H and O–H groups in total. The van der Waals surface area contributed by atoms with E-state index in [2.05, 4.69) is 0 Å². The summed E-state index contributed by atoms with van der Waals surface area (Å²) in [5.41, 5.74) is -2.30. The van der Waals surface area contributed by atoms with Gasteiger partial charge in [-0.1, -0.05) is 0 Å². The van der Waals surface area contributed by atoms with Crippen molar-refractivity contribution in [3.8, 4) is 0 Å². The van der Waals surface area contributed by atoms with Crippen molar-refractivity contribution in [1.29, 1.82) is 0 Å². The fraction of sp³-hybridized carbons (Fsp3) is 0. The van der Waals surface area contributed by atoms with E-state index in [-0.39, 0.29) is 0 Å². The number of halogens is 3. The molecular formula is C3HI3N3O4-. The van der Waals surface area contributed by atoms with Crippen LogP contribution in [0.2, 0.25) is 0 Å². The van der Waals surface area contributed by atoms with E-state index in [4.69, 9.17) is 3.44 Å². The van der Waals surface area contributed by atoms with Gasteiger partial charge in [-0.05, 0) is 0 Å². The number of aromatic nitrogens is 3. The van der Waals surface area contributed by atoms with Gasteiger partial charge in [0.15, 0.2) is 0 Å². The summed E-state index contributed by atoms with van der Waals surface area (Å²) in [6.45, 7) is 0. The van der Waals surface area contributed by atoms with Crippen molar-refractivity contribution in [3.05, 3.63) is 31.5 Å². The Kier molecular flexibility index (Phi) is 3.93. The predicted octanol–water partition coefficient (Wildman–Crippen LogP) is -4.67. The van der Waals surface area contributed by atoms with E-state index >= 15 is 0 Å². The Morgan fingerprint density at radius 3 is 1.69 bits per heavy atom. The Bertz CT molecular complexity index is 458. The van der Waals surface area contributed by atoms with Crippen molar-refractivity contribution in [2.24, 2.45) is 0 Å². The summed E-state index contributed by atoms with van der Waals surface area (Å²) < 4.78 is 10.9. The van der Waals surface area contributed by atoms with Gasteiger partial charge in [-0.3, -0.25) is 0 Å². The minimum atomic E-state index is -1.68. The van der Waals surface area contributed by atoms with E-state index in [0.717, 1.165) is 5.56 Å². The molecule has 10 heteroatoms. The van der Waals surface area contributed by atoms with Crippen LogP contribution in [0.15, 0.2) is 14.4 Å². The second-order valence-electron chi connectivity index (χ2n) is 1.77. The summed E-state index contributed by atoms with van der Waals surface area (Å²) in [7, 11) is 0. The van der Waals surface area contributed by atoms with E-state index in [1.165, 1.54) is 45.7 Å². The first kappa shape index (κ1) is 11.6. The Balaban J connectivity index is 3.89. The molecule has 0 aliphatic heterocycles. The van der Waals surface area contributed by atoms with E-state index in [1.807, 2.05) is 0 Å². The van der Waals surface area contributed by atoms with Crippen LogP contribution < -0.4 is 39.0 Å². The molecular weight excluding hydrogens is 523 g/mol. The molecule has 0 aromatic carbocycles. The van der Waals surface area contributed by atoms with Gasteiger partial charge in [0.05, 0.1) is 0 Å². The zero-order chi connectivity index (χ0) is 10.2. The van der Waals surface area contributed by atoms with Crippen molar-refractivity contribution in [1.82, 2.24) is 8.34 Å².